The first-order valence-corrected chi connectivity index (χ1v) is 12.8. The van der Waals surface area contributed by atoms with E-state index >= 15 is 0 Å². The van der Waals surface area contributed by atoms with Crippen LogP contribution in [0, 0.1) is 13.8 Å². The third kappa shape index (κ3) is 5.09. The second-order valence-electron chi connectivity index (χ2n) is 9.70. The lowest BCUT2D eigenvalue weighted by Gasteiger charge is -2.17. The number of nitrogens with one attached hydrogen (secondary N) is 1. The van der Waals surface area contributed by atoms with E-state index in [9.17, 15) is 0 Å². The number of aryl methyl sites for hydroxylation is 2. The molecule has 1 atom stereocenters. The minimum absolute atomic E-state index is 0.0160. The molecular weight excluding hydrogens is 488 g/mol. The minimum Gasteiger partial charge on any atom is -0.472 e. The van der Waals surface area contributed by atoms with Crippen LogP contribution in [0.3, 0.4) is 0 Å². The van der Waals surface area contributed by atoms with E-state index in [0.29, 0.717) is 12.2 Å². The van der Waals surface area contributed by atoms with Gasteiger partial charge in [-0.1, -0.05) is 18.2 Å². The van der Waals surface area contributed by atoms with Gasteiger partial charge in [0.25, 0.3) is 0 Å². The quantitative estimate of drug-likeness (QED) is 0.235. The van der Waals surface area contributed by atoms with Crippen molar-refractivity contribution in [1.29, 1.82) is 0 Å². The number of anilines is 2. The molecule has 1 unspecified atom stereocenters. The molecule has 0 spiro atoms. The highest BCUT2D eigenvalue weighted by molar-refractivity contribution is 5.85. The van der Waals surface area contributed by atoms with Gasteiger partial charge in [0.15, 0.2) is 0 Å². The zero-order valence-corrected chi connectivity index (χ0v) is 22.0. The number of aromatic nitrogens is 4. The third-order valence-corrected chi connectivity index (χ3v) is 6.80. The number of furan rings is 2. The molecule has 0 saturated heterocycles. The largest absolute Gasteiger partial charge is 0.472 e. The maximum Gasteiger partial charge on any atom is 0.220 e. The van der Waals surface area contributed by atoms with Crippen LogP contribution in [0.15, 0.2) is 88.4 Å². The van der Waals surface area contributed by atoms with Crippen molar-refractivity contribution in [1.82, 2.24) is 19.9 Å². The molecule has 0 aliphatic carbocycles. The Kier molecular flexibility index (Phi) is 6.28. The highest BCUT2D eigenvalue weighted by atomic mass is 16.3. The molecule has 0 bridgehead atoms. The van der Waals surface area contributed by atoms with Crippen molar-refractivity contribution in [2.45, 2.75) is 33.2 Å². The van der Waals surface area contributed by atoms with Crippen LogP contribution in [-0.2, 0) is 6.42 Å². The Balaban J connectivity index is 1.28. The number of fused-ring (bicyclic) bond motifs is 1. The number of hydrogen-bond acceptors (Lipinski definition) is 8. The van der Waals surface area contributed by atoms with E-state index in [4.69, 9.17) is 19.6 Å². The number of nitrogens with zero attached hydrogens (tertiary/aromatic N) is 4. The minimum atomic E-state index is -0.0160. The average molecular weight is 517 g/mol. The zero-order chi connectivity index (χ0) is 26.9. The van der Waals surface area contributed by atoms with E-state index in [1.807, 2.05) is 44.2 Å². The van der Waals surface area contributed by atoms with Gasteiger partial charge in [-0.2, -0.15) is 0 Å². The van der Waals surface area contributed by atoms with Crippen LogP contribution in [-0.4, -0.2) is 19.9 Å². The van der Waals surface area contributed by atoms with Crippen molar-refractivity contribution in [2.24, 2.45) is 0 Å². The van der Waals surface area contributed by atoms with E-state index in [-0.39, 0.29) is 12.0 Å². The second kappa shape index (κ2) is 10.1. The van der Waals surface area contributed by atoms with Gasteiger partial charge in [-0.05, 0) is 73.4 Å². The molecule has 2 aromatic carbocycles. The number of rotatable bonds is 7. The predicted molar refractivity (Wildman–Crippen MR) is 152 cm³/mol. The molecule has 8 heteroatoms. The third-order valence-electron chi connectivity index (χ3n) is 6.80. The Hall–Kier alpha value is -4.98. The number of hydrogen-bond donors (Lipinski definition) is 2. The smallest absolute Gasteiger partial charge is 0.220 e. The number of benzene rings is 2. The van der Waals surface area contributed by atoms with Crippen LogP contribution in [0.2, 0.25) is 0 Å². The van der Waals surface area contributed by atoms with E-state index in [2.05, 4.69) is 51.5 Å². The summed E-state index contributed by atoms with van der Waals surface area (Å²) in [7, 11) is 0. The molecule has 4 heterocycles. The summed E-state index contributed by atoms with van der Waals surface area (Å²) in [6.45, 7) is 6.06. The van der Waals surface area contributed by atoms with E-state index < -0.39 is 0 Å². The van der Waals surface area contributed by atoms with Crippen molar-refractivity contribution in [3.63, 3.8) is 0 Å². The van der Waals surface area contributed by atoms with Gasteiger partial charge in [-0.25, -0.2) is 19.9 Å². The fourth-order valence-corrected chi connectivity index (χ4v) is 4.78. The molecule has 194 valence electrons. The molecule has 6 aromatic rings. The van der Waals surface area contributed by atoms with Gasteiger partial charge in [-0.15, -0.1) is 0 Å². The highest BCUT2D eigenvalue weighted by Crippen LogP contribution is 2.30. The van der Waals surface area contributed by atoms with Crippen LogP contribution in [0.1, 0.15) is 41.2 Å². The molecule has 3 N–H and O–H groups in total. The summed E-state index contributed by atoms with van der Waals surface area (Å²) in [5.74, 6) is 1.71. The van der Waals surface area contributed by atoms with E-state index in [1.165, 1.54) is 0 Å². The van der Waals surface area contributed by atoms with Gasteiger partial charge in [0.1, 0.15) is 17.2 Å². The Bertz CT molecular complexity index is 1770. The molecule has 0 fully saturated rings. The summed E-state index contributed by atoms with van der Waals surface area (Å²) in [6.07, 6.45) is 7.54. The van der Waals surface area contributed by atoms with Gasteiger partial charge < -0.3 is 19.9 Å². The lowest BCUT2D eigenvalue weighted by Crippen LogP contribution is -2.09. The van der Waals surface area contributed by atoms with Crippen LogP contribution in [0.5, 0.6) is 0 Å². The zero-order valence-electron chi connectivity index (χ0n) is 22.0. The first-order valence-electron chi connectivity index (χ1n) is 12.8. The Labute approximate surface area is 226 Å². The maximum atomic E-state index is 5.92. The number of nitrogen functional groups attached to an aromatic ring is 1. The molecule has 0 amide bonds. The van der Waals surface area contributed by atoms with Crippen molar-refractivity contribution in [3.05, 3.63) is 108 Å². The summed E-state index contributed by atoms with van der Waals surface area (Å²) >= 11 is 0. The van der Waals surface area contributed by atoms with Crippen molar-refractivity contribution < 1.29 is 8.83 Å². The molecule has 0 aliphatic heterocycles. The molecule has 39 heavy (non-hydrogen) atoms. The van der Waals surface area contributed by atoms with Crippen molar-refractivity contribution in [3.8, 4) is 22.4 Å². The Morgan fingerprint density at radius 1 is 0.949 bits per heavy atom. The van der Waals surface area contributed by atoms with Gasteiger partial charge in [0, 0.05) is 41.2 Å². The van der Waals surface area contributed by atoms with Gasteiger partial charge >= 0.3 is 0 Å². The first kappa shape index (κ1) is 24.4. The molecular formula is C31H28N6O2. The van der Waals surface area contributed by atoms with Crippen LogP contribution < -0.4 is 11.1 Å². The van der Waals surface area contributed by atoms with Gasteiger partial charge in [-0.3, -0.25) is 0 Å². The molecule has 4 aromatic heterocycles. The topological polar surface area (TPSA) is 116 Å². The lowest BCUT2D eigenvalue weighted by atomic mass is 9.98. The molecule has 0 aliphatic rings. The lowest BCUT2D eigenvalue weighted by molar-refractivity contribution is 0.564. The fraction of sp³-hybridized carbons (Fsp3) is 0.161. The normalized spacial score (nSPS) is 12.1. The monoisotopic (exact) mass is 516 g/mol. The summed E-state index contributed by atoms with van der Waals surface area (Å²) in [6, 6.07) is 18.4. The first-order chi connectivity index (χ1) is 18.9. The van der Waals surface area contributed by atoms with E-state index in [1.54, 1.807) is 25.0 Å². The molecule has 8 nitrogen and oxygen atoms in total. The summed E-state index contributed by atoms with van der Waals surface area (Å²) in [5, 5.41) is 4.64. The highest BCUT2D eigenvalue weighted by Gasteiger charge is 2.14. The van der Waals surface area contributed by atoms with E-state index in [0.717, 1.165) is 61.6 Å². The number of nitrogens with two attached hydrogens (primary N) is 1. The molecule has 0 saturated carbocycles. The Morgan fingerprint density at radius 3 is 2.69 bits per heavy atom. The Morgan fingerprint density at radius 2 is 1.85 bits per heavy atom. The van der Waals surface area contributed by atoms with Crippen LogP contribution in [0.4, 0.5) is 11.8 Å². The molecule has 0 radical (unpaired) electrons. The van der Waals surface area contributed by atoms with Crippen molar-refractivity contribution >= 4 is 22.7 Å². The summed E-state index contributed by atoms with van der Waals surface area (Å²) in [4.78, 5) is 18.1. The molecule has 6 rings (SSSR count). The SMILES string of the molecule is Cc1nc(NC(C)c2cccc(-c3cnc(N)nc3Cc3ccoc3)c2)cc(-c2ccc3occ(C)c3c2)n1. The van der Waals surface area contributed by atoms with Crippen LogP contribution in [0.25, 0.3) is 33.4 Å². The fourth-order valence-electron chi connectivity index (χ4n) is 4.78. The summed E-state index contributed by atoms with van der Waals surface area (Å²) < 4.78 is 10.8. The predicted octanol–water partition coefficient (Wildman–Crippen LogP) is 6.90. The second-order valence-corrected chi connectivity index (χ2v) is 9.70. The maximum absolute atomic E-state index is 5.92. The van der Waals surface area contributed by atoms with Crippen LogP contribution >= 0.6 is 0 Å². The average Bonchev–Trinajstić information content (AvgIpc) is 3.58. The van der Waals surface area contributed by atoms with Gasteiger partial charge in [0.05, 0.1) is 30.2 Å². The summed E-state index contributed by atoms with van der Waals surface area (Å²) in [5.41, 5.74) is 14.7. The van der Waals surface area contributed by atoms with Crippen molar-refractivity contribution in [2.75, 3.05) is 11.1 Å². The van der Waals surface area contributed by atoms with Gasteiger partial charge in [0.2, 0.25) is 5.95 Å². The standard InChI is InChI=1S/C31H28N6O2/c1-18-16-39-29-8-7-24(13-25(18)29)27-14-30(36-20(3)35-27)34-19(2)22-5-4-6-23(12-22)26-15-33-31(32)37-28(26)11-21-9-10-38-17-21/h4-10,12-17,19H,11H2,1-3H3,(H2,32,33,37)(H,34,35,36).